The fraction of sp³-hybridized carbons (Fsp3) is 0.259. The van der Waals surface area contributed by atoms with Crippen LogP contribution in [0.4, 0.5) is 0 Å². The van der Waals surface area contributed by atoms with E-state index in [-0.39, 0.29) is 24.1 Å². The Bertz CT molecular complexity index is 1360. The standard InChI is InChI=1S/C27H29NO6S/c1-17(28(3)35(4,31)32)16-33-23-11-8-19(9-12-23)27-26(20-6-5-7-21(29)14-20)18(2)24-15-22(30)10-13-25(24)34-27/h5-15,17,27,29-30H,16H2,1-4H3. The molecule has 0 spiro atoms. The molecule has 1 aliphatic rings. The van der Waals surface area contributed by atoms with Crippen LogP contribution < -0.4 is 9.47 Å². The molecule has 0 bridgehead atoms. The third-order valence-electron chi connectivity index (χ3n) is 6.25. The largest absolute Gasteiger partial charge is 0.508 e. The first-order chi connectivity index (χ1) is 16.5. The predicted molar refractivity (Wildman–Crippen MR) is 136 cm³/mol. The number of nitrogens with zero attached hydrogens (tertiary/aromatic N) is 1. The summed E-state index contributed by atoms with van der Waals surface area (Å²) in [6.45, 7) is 3.98. The van der Waals surface area contributed by atoms with Crippen molar-refractivity contribution in [2.75, 3.05) is 19.9 Å². The SMILES string of the molecule is CC1=C(c2cccc(O)c2)C(c2ccc(OCC(C)N(C)S(C)(=O)=O)cc2)Oc2ccc(O)cc21. The molecule has 2 atom stereocenters. The fourth-order valence-corrected chi connectivity index (χ4v) is 4.82. The van der Waals surface area contributed by atoms with Gasteiger partial charge in [0.1, 0.15) is 35.7 Å². The molecule has 1 aliphatic heterocycles. The summed E-state index contributed by atoms with van der Waals surface area (Å²) in [5.41, 5.74) is 4.32. The zero-order valence-electron chi connectivity index (χ0n) is 20.1. The van der Waals surface area contributed by atoms with Gasteiger partial charge in [0, 0.05) is 18.2 Å². The van der Waals surface area contributed by atoms with Gasteiger partial charge >= 0.3 is 0 Å². The van der Waals surface area contributed by atoms with Crippen LogP contribution in [0.5, 0.6) is 23.0 Å². The summed E-state index contributed by atoms with van der Waals surface area (Å²) < 4.78 is 37.0. The zero-order chi connectivity index (χ0) is 25.3. The maximum absolute atomic E-state index is 11.7. The van der Waals surface area contributed by atoms with Crippen molar-refractivity contribution < 1.29 is 28.1 Å². The lowest BCUT2D eigenvalue weighted by molar-refractivity contribution is 0.233. The maximum atomic E-state index is 11.7. The molecule has 0 aromatic heterocycles. The van der Waals surface area contributed by atoms with E-state index in [1.807, 2.05) is 37.3 Å². The van der Waals surface area contributed by atoms with Crippen molar-refractivity contribution in [3.05, 3.63) is 83.4 Å². The Morgan fingerprint density at radius 2 is 1.71 bits per heavy atom. The van der Waals surface area contributed by atoms with Crippen LogP contribution in [0.25, 0.3) is 11.1 Å². The molecule has 0 fully saturated rings. The summed E-state index contributed by atoms with van der Waals surface area (Å²) in [6, 6.07) is 19.2. The van der Waals surface area contributed by atoms with Gasteiger partial charge in [0.05, 0.1) is 12.3 Å². The molecular formula is C27H29NO6S. The van der Waals surface area contributed by atoms with Gasteiger partial charge < -0.3 is 19.7 Å². The number of allylic oxidation sites excluding steroid dienone is 1. The molecule has 0 saturated carbocycles. The number of benzene rings is 3. The lowest BCUT2D eigenvalue weighted by atomic mass is 9.86. The van der Waals surface area contributed by atoms with Gasteiger partial charge in [-0.15, -0.1) is 0 Å². The van der Waals surface area contributed by atoms with E-state index in [1.54, 1.807) is 43.3 Å². The minimum atomic E-state index is -3.30. The van der Waals surface area contributed by atoms with Gasteiger partial charge in [-0.1, -0.05) is 24.3 Å². The van der Waals surface area contributed by atoms with Crippen LogP contribution in [0.15, 0.2) is 66.7 Å². The van der Waals surface area contributed by atoms with Gasteiger partial charge in [-0.2, -0.15) is 4.31 Å². The molecule has 0 radical (unpaired) electrons. The summed E-state index contributed by atoms with van der Waals surface area (Å²) >= 11 is 0. The van der Waals surface area contributed by atoms with Gasteiger partial charge in [-0.3, -0.25) is 0 Å². The molecule has 2 N–H and O–H groups in total. The predicted octanol–water partition coefficient (Wildman–Crippen LogP) is 4.82. The van der Waals surface area contributed by atoms with Crippen molar-refractivity contribution >= 4 is 21.2 Å². The monoisotopic (exact) mass is 495 g/mol. The third-order valence-corrected chi connectivity index (χ3v) is 7.66. The van der Waals surface area contributed by atoms with Crippen LogP contribution in [-0.2, 0) is 10.0 Å². The van der Waals surface area contributed by atoms with Gasteiger partial charge in [-0.05, 0) is 73.0 Å². The minimum Gasteiger partial charge on any atom is -0.508 e. The molecule has 2 unspecified atom stereocenters. The Kier molecular flexibility index (Phi) is 6.78. The summed E-state index contributed by atoms with van der Waals surface area (Å²) in [4.78, 5) is 0. The number of hydrogen-bond donors (Lipinski definition) is 2. The van der Waals surface area contributed by atoms with Crippen molar-refractivity contribution in [3.8, 4) is 23.0 Å². The summed E-state index contributed by atoms with van der Waals surface area (Å²) in [6.07, 6.45) is 0.722. The van der Waals surface area contributed by atoms with Crippen molar-refractivity contribution in [2.24, 2.45) is 0 Å². The average Bonchev–Trinajstić information content (AvgIpc) is 2.82. The van der Waals surface area contributed by atoms with E-state index in [2.05, 4.69) is 0 Å². The normalized spacial score (nSPS) is 16.5. The van der Waals surface area contributed by atoms with Crippen molar-refractivity contribution in [1.82, 2.24) is 4.31 Å². The lowest BCUT2D eigenvalue weighted by Gasteiger charge is -2.31. The van der Waals surface area contributed by atoms with E-state index in [0.29, 0.717) is 11.5 Å². The molecule has 0 saturated heterocycles. The highest BCUT2D eigenvalue weighted by molar-refractivity contribution is 7.88. The lowest BCUT2D eigenvalue weighted by Crippen LogP contribution is -2.38. The summed E-state index contributed by atoms with van der Waals surface area (Å²) in [5, 5.41) is 20.1. The first-order valence-corrected chi connectivity index (χ1v) is 13.1. The van der Waals surface area contributed by atoms with E-state index in [9.17, 15) is 18.6 Å². The molecule has 3 aromatic carbocycles. The van der Waals surface area contributed by atoms with Crippen molar-refractivity contribution in [3.63, 3.8) is 0 Å². The molecule has 0 aliphatic carbocycles. The molecule has 3 aromatic rings. The highest BCUT2D eigenvalue weighted by Gasteiger charge is 2.30. The Morgan fingerprint density at radius 1 is 1.03 bits per heavy atom. The quantitative estimate of drug-likeness (QED) is 0.488. The summed E-state index contributed by atoms with van der Waals surface area (Å²) in [5.74, 6) is 1.58. The first-order valence-electron chi connectivity index (χ1n) is 11.2. The number of phenols is 2. The van der Waals surface area contributed by atoms with E-state index >= 15 is 0 Å². The van der Waals surface area contributed by atoms with E-state index < -0.39 is 16.1 Å². The van der Waals surface area contributed by atoms with Gasteiger partial charge in [0.2, 0.25) is 10.0 Å². The molecule has 184 valence electrons. The van der Waals surface area contributed by atoms with Gasteiger partial charge in [0.25, 0.3) is 0 Å². The second-order valence-electron chi connectivity index (χ2n) is 8.78. The molecular weight excluding hydrogens is 466 g/mol. The third kappa shape index (κ3) is 5.28. The highest BCUT2D eigenvalue weighted by atomic mass is 32.2. The van der Waals surface area contributed by atoms with Gasteiger partial charge in [-0.25, -0.2) is 8.42 Å². The van der Waals surface area contributed by atoms with Crippen molar-refractivity contribution in [2.45, 2.75) is 26.0 Å². The molecule has 1 heterocycles. The second-order valence-corrected chi connectivity index (χ2v) is 10.8. The number of hydrogen-bond acceptors (Lipinski definition) is 6. The summed E-state index contributed by atoms with van der Waals surface area (Å²) in [7, 11) is -1.77. The Morgan fingerprint density at radius 3 is 2.37 bits per heavy atom. The number of aromatic hydroxyl groups is 2. The van der Waals surface area contributed by atoms with E-state index in [0.717, 1.165) is 27.8 Å². The first kappa shape index (κ1) is 24.6. The minimum absolute atomic E-state index is 0.151. The number of ether oxygens (including phenoxy) is 2. The average molecular weight is 496 g/mol. The molecule has 7 nitrogen and oxygen atoms in total. The molecule has 8 heteroatoms. The Labute approximate surface area is 205 Å². The number of likely N-dealkylation sites (N-methyl/N-ethyl adjacent to an activating group) is 1. The molecule has 0 amide bonds. The van der Waals surface area contributed by atoms with Crippen LogP contribution >= 0.6 is 0 Å². The fourth-order valence-electron chi connectivity index (χ4n) is 4.10. The van der Waals surface area contributed by atoms with Crippen LogP contribution in [0.2, 0.25) is 0 Å². The molecule has 4 rings (SSSR count). The Hall–Kier alpha value is -3.49. The van der Waals surface area contributed by atoms with Crippen molar-refractivity contribution in [1.29, 1.82) is 0 Å². The Balaban J connectivity index is 1.64. The van der Waals surface area contributed by atoms with E-state index in [1.165, 1.54) is 17.6 Å². The number of fused-ring (bicyclic) bond motifs is 1. The van der Waals surface area contributed by atoms with Crippen LogP contribution in [0, 0.1) is 0 Å². The van der Waals surface area contributed by atoms with Crippen LogP contribution in [0.1, 0.15) is 36.6 Å². The number of phenolic OH excluding ortho intramolecular Hbond substituents is 2. The molecule has 35 heavy (non-hydrogen) atoms. The zero-order valence-corrected chi connectivity index (χ0v) is 20.9. The topological polar surface area (TPSA) is 96.3 Å². The van der Waals surface area contributed by atoms with E-state index in [4.69, 9.17) is 9.47 Å². The number of rotatable bonds is 7. The van der Waals surface area contributed by atoms with Gasteiger partial charge in [0.15, 0.2) is 0 Å². The maximum Gasteiger partial charge on any atom is 0.211 e. The van der Waals surface area contributed by atoms with Crippen LogP contribution in [-0.4, -0.2) is 48.9 Å². The van der Waals surface area contributed by atoms with Crippen LogP contribution in [0.3, 0.4) is 0 Å². The number of sulfonamides is 1. The smallest absolute Gasteiger partial charge is 0.211 e. The highest BCUT2D eigenvalue weighted by Crippen LogP contribution is 2.47. The second kappa shape index (κ2) is 9.64.